The summed E-state index contributed by atoms with van der Waals surface area (Å²) in [5.41, 5.74) is 0. The van der Waals surface area contributed by atoms with Crippen LogP contribution in [0.2, 0.25) is 0 Å². The molecule has 0 aromatic carbocycles. The molecule has 0 radical (unpaired) electrons. The predicted molar refractivity (Wildman–Crippen MR) is 51.5 cm³/mol. The van der Waals surface area contributed by atoms with E-state index >= 15 is 0 Å². The van der Waals surface area contributed by atoms with Crippen LogP contribution in [0, 0.1) is 5.92 Å². The van der Waals surface area contributed by atoms with Crippen LogP contribution < -0.4 is 0 Å². The molecule has 1 aliphatic heterocycles. The molecule has 0 aromatic heterocycles. The number of rotatable bonds is 2. The Balaban J connectivity index is 1.78. The van der Waals surface area contributed by atoms with E-state index in [1.807, 2.05) is 0 Å². The van der Waals surface area contributed by atoms with E-state index in [1.54, 1.807) is 5.06 Å². The standard InChI is InChI=1S/C10H19NO3/c12-9-6-11(14-7-9)5-8-3-1-2-4-10(8)13/h8-10,12-13H,1-7H2/t8?,9-,10?/m1/s1. The highest BCUT2D eigenvalue weighted by atomic mass is 16.7. The first-order valence-electron chi connectivity index (χ1n) is 5.49. The van der Waals surface area contributed by atoms with Gasteiger partial charge in [0.15, 0.2) is 0 Å². The van der Waals surface area contributed by atoms with Crippen molar-refractivity contribution in [3.8, 4) is 0 Å². The summed E-state index contributed by atoms with van der Waals surface area (Å²) in [6.45, 7) is 1.75. The molecule has 0 amide bonds. The van der Waals surface area contributed by atoms with Crippen molar-refractivity contribution < 1.29 is 15.1 Å². The Bertz CT molecular complexity index is 188. The van der Waals surface area contributed by atoms with Crippen molar-refractivity contribution in [2.24, 2.45) is 5.92 Å². The number of β-amino-alcohol motifs (C(OH)–C–C–N with tert-alkyl or cyclic N) is 1. The minimum Gasteiger partial charge on any atom is -0.393 e. The van der Waals surface area contributed by atoms with E-state index in [0.29, 0.717) is 19.1 Å². The molecule has 1 saturated carbocycles. The molecule has 1 aliphatic carbocycles. The fourth-order valence-electron chi connectivity index (χ4n) is 2.32. The molecule has 1 heterocycles. The molecular formula is C10H19NO3. The maximum Gasteiger partial charge on any atom is 0.0958 e. The molecule has 2 aliphatic rings. The van der Waals surface area contributed by atoms with Crippen LogP contribution in [-0.4, -0.2) is 47.2 Å². The van der Waals surface area contributed by atoms with E-state index in [1.165, 1.54) is 6.42 Å². The lowest BCUT2D eigenvalue weighted by molar-refractivity contribution is -0.130. The van der Waals surface area contributed by atoms with E-state index in [-0.39, 0.29) is 12.2 Å². The molecule has 82 valence electrons. The summed E-state index contributed by atoms with van der Waals surface area (Å²) in [6.07, 6.45) is 3.82. The van der Waals surface area contributed by atoms with Crippen molar-refractivity contribution in [3.63, 3.8) is 0 Å². The van der Waals surface area contributed by atoms with Crippen LogP contribution in [0.5, 0.6) is 0 Å². The molecule has 4 nitrogen and oxygen atoms in total. The molecule has 2 rings (SSSR count). The van der Waals surface area contributed by atoms with E-state index in [0.717, 1.165) is 25.8 Å². The molecule has 2 unspecified atom stereocenters. The molecule has 0 aromatic rings. The minimum atomic E-state index is -0.351. The van der Waals surface area contributed by atoms with Crippen LogP contribution in [0.25, 0.3) is 0 Å². The zero-order valence-corrected chi connectivity index (χ0v) is 8.43. The van der Waals surface area contributed by atoms with Gasteiger partial charge in [-0.1, -0.05) is 12.8 Å². The van der Waals surface area contributed by atoms with Gasteiger partial charge >= 0.3 is 0 Å². The van der Waals surface area contributed by atoms with E-state index < -0.39 is 0 Å². The van der Waals surface area contributed by atoms with Gasteiger partial charge in [0.25, 0.3) is 0 Å². The Labute approximate surface area is 84.4 Å². The van der Waals surface area contributed by atoms with Gasteiger partial charge in [-0.15, -0.1) is 0 Å². The third kappa shape index (κ3) is 2.45. The monoisotopic (exact) mass is 201 g/mol. The number of hydroxylamine groups is 2. The highest BCUT2D eigenvalue weighted by Gasteiger charge is 2.29. The van der Waals surface area contributed by atoms with Crippen LogP contribution in [-0.2, 0) is 4.84 Å². The Hall–Kier alpha value is -0.160. The van der Waals surface area contributed by atoms with Gasteiger partial charge in [0.05, 0.1) is 25.4 Å². The van der Waals surface area contributed by atoms with Crippen molar-refractivity contribution in [3.05, 3.63) is 0 Å². The zero-order valence-electron chi connectivity index (χ0n) is 8.43. The topological polar surface area (TPSA) is 52.9 Å². The number of hydrogen-bond donors (Lipinski definition) is 2. The largest absolute Gasteiger partial charge is 0.393 e. The normalized spacial score (nSPS) is 40.3. The molecule has 3 atom stereocenters. The first-order valence-corrected chi connectivity index (χ1v) is 5.49. The lowest BCUT2D eigenvalue weighted by atomic mass is 9.86. The Morgan fingerprint density at radius 1 is 1.21 bits per heavy atom. The van der Waals surface area contributed by atoms with Crippen LogP contribution in [0.3, 0.4) is 0 Å². The van der Waals surface area contributed by atoms with Crippen molar-refractivity contribution in [1.29, 1.82) is 0 Å². The molecule has 0 bridgehead atoms. The predicted octanol–water partition coefficient (Wildman–Crippen LogP) is 0.146. The Morgan fingerprint density at radius 2 is 2.00 bits per heavy atom. The second kappa shape index (κ2) is 4.57. The molecule has 2 N–H and O–H groups in total. The maximum absolute atomic E-state index is 9.75. The number of aliphatic hydroxyl groups is 2. The quantitative estimate of drug-likeness (QED) is 0.667. The number of nitrogens with zero attached hydrogens (tertiary/aromatic N) is 1. The van der Waals surface area contributed by atoms with Gasteiger partial charge in [-0.05, 0) is 18.8 Å². The lowest BCUT2D eigenvalue weighted by Gasteiger charge is -2.30. The van der Waals surface area contributed by atoms with Crippen LogP contribution in [0.15, 0.2) is 0 Å². The third-order valence-electron chi connectivity index (χ3n) is 3.17. The van der Waals surface area contributed by atoms with Gasteiger partial charge in [-0.2, -0.15) is 5.06 Å². The van der Waals surface area contributed by atoms with Gasteiger partial charge in [0.1, 0.15) is 0 Å². The van der Waals surface area contributed by atoms with E-state index in [9.17, 15) is 10.2 Å². The van der Waals surface area contributed by atoms with Crippen molar-refractivity contribution in [2.45, 2.75) is 37.9 Å². The van der Waals surface area contributed by atoms with E-state index in [4.69, 9.17) is 4.84 Å². The molecule has 0 spiro atoms. The van der Waals surface area contributed by atoms with Gasteiger partial charge in [-0.3, -0.25) is 4.84 Å². The molecule has 2 fully saturated rings. The van der Waals surface area contributed by atoms with Crippen LogP contribution in [0.1, 0.15) is 25.7 Å². The van der Waals surface area contributed by atoms with Crippen molar-refractivity contribution in [1.82, 2.24) is 5.06 Å². The number of hydrogen-bond acceptors (Lipinski definition) is 4. The van der Waals surface area contributed by atoms with Crippen LogP contribution >= 0.6 is 0 Å². The van der Waals surface area contributed by atoms with Gasteiger partial charge in [0, 0.05) is 6.54 Å². The van der Waals surface area contributed by atoms with E-state index in [2.05, 4.69) is 0 Å². The summed E-state index contributed by atoms with van der Waals surface area (Å²) >= 11 is 0. The minimum absolute atomic E-state index is 0.176. The summed E-state index contributed by atoms with van der Waals surface area (Å²) in [6, 6.07) is 0. The molecule has 1 saturated heterocycles. The zero-order chi connectivity index (χ0) is 9.97. The second-order valence-electron chi connectivity index (χ2n) is 4.41. The second-order valence-corrected chi connectivity index (χ2v) is 4.41. The number of aliphatic hydroxyl groups excluding tert-OH is 2. The highest BCUT2D eigenvalue weighted by molar-refractivity contribution is 4.77. The van der Waals surface area contributed by atoms with Crippen molar-refractivity contribution >= 4 is 0 Å². The molecule has 4 heteroatoms. The first-order chi connectivity index (χ1) is 6.75. The van der Waals surface area contributed by atoms with Gasteiger partial charge in [0.2, 0.25) is 0 Å². The fraction of sp³-hybridized carbons (Fsp3) is 1.00. The summed E-state index contributed by atoms with van der Waals surface area (Å²) in [7, 11) is 0. The summed E-state index contributed by atoms with van der Waals surface area (Å²) < 4.78 is 0. The molecule has 14 heavy (non-hydrogen) atoms. The summed E-state index contributed by atoms with van der Waals surface area (Å²) in [4.78, 5) is 5.29. The van der Waals surface area contributed by atoms with Gasteiger partial charge < -0.3 is 10.2 Å². The third-order valence-corrected chi connectivity index (χ3v) is 3.17. The maximum atomic E-state index is 9.75. The van der Waals surface area contributed by atoms with Crippen LogP contribution in [0.4, 0.5) is 0 Å². The van der Waals surface area contributed by atoms with Gasteiger partial charge in [-0.25, -0.2) is 0 Å². The lowest BCUT2D eigenvalue weighted by Crippen LogP contribution is -2.35. The fourth-order valence-corrected chi connectivity index (χ4v) is 2.32. The summed E-state index contributed by atoms with van der Waals surface area (Å²) in [5, 5.41) is 20.8. The Kier molecular flexibility index (Phi) is 3.38. The average molecular weight is 201 g/mol. The summed E-state index contributed by atoms with van der Waals surface area (Å²) in [5.74, 6) is 0.328. The molecular weight excluding hydrogens is 182 g/mol. The average Bonchev–Trinajstić information content (AvgIpc) is 2.56. The Morgan fingerprint density at radius 3 is 2.64 bits per heavy atom. The first kappa shape index (κ1) is 10.4. The SMILES string of the molecule is OC1CCCCC1CN1C[C@@H](O)CO1. The van der Waals surface area contributed by atoms with Crippen molar-refractivity contribution in [2.75, 3.05) is 19.7 Å². The smallest absolute Gasteiger partial charge is 0.0958 e. The highest BCUT2D eigenvalue weighted by Crippen LogP contribution is 2.25.